The van der Waals surface area contributed by atoms with E-state index < -0.39 is 294 Å². The third-order valence-electron chi connectivity index (χ3n) is 14.2. The highest BCUT2D eigenvalue weighted by atomic mass is 32.3. The minimum Gasteiger partial charge on any atom is -0.479 e. The maximum atomic E-state index is 13.1. The van der Waals surface area contributed by atoms with Gasteiger partial charge < -0.3 is 108 Å². The molecule has 100 heavy (non-hydrogen) atoms. The Bertz CT molecular complexity index is 3790. The molecule has 54 nitrogen and oxygen atoms in total. The van der Waals surface area contributed by atoms with Crippen molar-refractivity contribution < 1.29 is 234 Å². The zero-order chi connectivity index (χ0) is 75.8. The lowest BCUT2D eigenvalue weighted by Gasteiger charge is -2.50. The molecule has 6 aliphatic heterocycles. The summed E-state index contributed by atoms with van der Waals surface area (Å²) in [4.78, 5) is 50.5. The molecule has 0 saturated carbocycles. The molecule has 5 saturated heterocycles. The van der Waals surface area contributed by atoms with Crippen molar-refractivity contribution in [1.29, 1.82) is 0 Å². The quantitative estimate of drug-likeness (QED) is 0.0287. The van der Waals surface area contributed by atoms with Crippen molar-refractivity contribution in [3.63, 3.8) is 0 Å². The Morgan fingerprint density at radius 2 is 0.810 bits per heavy atom. The number of amides is 1. The van der Waals surface area contributed by atoms with Gasteiger partial charge in [-0.05, 0) is 13.0 Å². The van der Waals surface area contributed by atoms with E-state index >= 15 is 0 Å². The summed E-state index contributed by atoms with van der Waals surface area (Å²) in [7, 11) is -41.1. The van der Waals surface area contributed by atoms with Crippen LogP contribution in [0.1, 0.15) is 13.8 Å². The lowest BCUT2D eigenvalue weighted by molar-refractivity contribution is -0.373. The summed E-state index contributed by atoms with van der Waals surface area (Å²) in [5.41, 5.74) is 0. The van der Waals surface area contributed by atoms with Crippen LogP contribution in [0.3, 0.4) is 0 Å². The predicted octanol–water partition coefficient (Wildman–Crippen LogP) is -13.5. The smallest absolute Gasteiger partial charge is 0.397 e. The molecule has 0 aromatic heterocycles. The van der Waals surface area contributed by atoms with Crippen LogP contribution < -0.4 is 14.8 Å². The molecule has 0 radical (unpaired) electrons. The molecule has 0 spiro atoms. The van der Waals surface area contributed by atoms with E-state index in [4.69, 9.17) is 52.1 Å². The van der Waals surface area contributed by atoms with Crippen LogP contribution in [-0.4, -0.2) is 357 Å². The van der Waals surface area contributed by atoms with Gasteiger partial charge in [0.25, 0.3) is 0 Å². The molecule has 580 valence electrons. The summed E-state index contributed by atoms with van der Waals surface area (Å²) in [6.45, 7) is -3.38. The minimum atomic E-state index is -6.37. The van der Waals surface area contributed by atoms with E-state index in [0.29, 0.717) is 6.08 Å². The van der Waals surface area contributed by atoms with Crippen molar-refractivity contribution in [2.75, 3.05) is 19.8 Å². The van der Waals surface area contributed by atoms with Crippen molar-refractivity contribution in [1.82, 2.24) is 14.8 Å². The number of aliphatic hydroxyl groups is 7. The zero-order valence-corrected chi connectivity index (χ0v) is 54.9. The number of rotatable bonds is 31. The van der Waals surface area contributed by atoms with Gasteiger partial charge in [0.15, 0.2) is 43.5 Å². The SMILES string of the molecule is CC(=O)N[C@H]1[C@@H](O[C@H]2[C@H](O)[C@@H](O)[C@H](O[C@H]3[C@H](OS(=O)(=O)O)[C@@H](NS(=O)(=O)O)[C@@H](O[C@H]4[C@H](O)[C@@H](OS(=O)(=O)O)[C@H](O[C@H]5[C@H](O)[C@@H](NS(=O)(=O)O)[C@@H](C)O[C@@H]5COS(=O)(=O)O)O[C@H]4C(=O)O)O[C@@H]3COS(=O)(=O)O)O[C@@H]2C(=O)O)O[C@H](COS(=O)(=O)O)[C@@H](O[C@@H]2OC(C(=O)O)=C[C@H](O)[C@H]2O)[C@@H]1O. The number of carboxylic acid groups (broad SMARTS) is 3. The van der Waals surface area contributed by atoms with Gasteiger partial charge in [-0.1, -0.05) is 0 Å². The lowest BCUT2D eigenvalue weighted by atomic mass is 9.93. The van der Waals surface area contributed by atoms with Crippen LogP contribution in [0.25, 0.3) is 0 Å². The first kappa shape index (κ1) is 84.8. The summed E-state index contributed by atoms with van der Waals surface area (Å²) in [6.07, 6.45) is -68.6. The normalized spacial score (nSPS) is 39.0. The topological polar surface area (TPSA) is 835 Å². The fourth-order valence-electron chi connectivity index (χ4n) is 10.3. The van der Waals surface area contributed by atoms with Crippen LogP contribution in [0, 0.1) is 0 Å². The molecular weight excluding hydrogens is 1550 g/mol. The van der Waals surface area contributed by atoms with Crippen LogP contribution in [0.15, 0.2) is 11.8 Å². The summed E-state index contributed by atoms with van der Waals surface area (Å²) in [6, 6.07) is -7.67. The third-order valence-corrected chi connectivity index (χ3v) is 17.6. The summed E-state index contributed by atoms with van der Waals surface area (Å²) in [5.74, 6) is -9.05. The van der Waals surface area contributed by atoms with Crippen LogP contribution in [0.2, 0.25) is 0 Å². The summed E-state index contributed by atoms with van der Waals surface area (Å²) >= 11 is 0. The second-order valence-corrected chi connectivity index (χ2v) is 29.1. The minimum absolute atomic E-state index is 0.472. The molecule has 6 heterocycles. The van der Waals surface area contributed by atoms with Gasteiger partial charge in [-0.15, -0.1) is 0 Å². The molecule has 6 aliphatic rings. The molecule has 61 heteroatoms. The number of carboxylic acids is 3. The monoisotopic (exact) mass is 1610 g/mol. The van der Waals surface area contributed by atoms with E-state index in [0.717, 1.165) is 18.6 Å². The third kappa shape index (κ3) is 23.4. The highest BCUT2D eigenvalue weighted by molar-refractivity contribution is 7.84. The van der Waals surface area contributed by atoms with Crippen LogP contribution in [0.5, 0.6) is 0 Å². The fraction of sp³-hybridized carbons (Fsp3) is 0.846. The molecule has 0 bridgehead atoms. The Labute approximate surface area is 560 Å². The maximum Gasteiger partial charge on any atom is 0.397 e. The highest BCUT2D eigenvalue weighted by Crippen LogP contribution is 2.39. The Balaban J connectivity index is 1.39. The maximum absolute atomic E-state index is 13.1. The molecular formula is C39H61N3O51S7. The van der Waals surface area contributed by atoms with E-state index in [1.807, 2.05) is 5.32 Å². The van der Waals surface area contributed by atoms with E-state index in [-0.39, 0.29) is 0 Å². The van der Waals surface area contributed by atoms with Crippen molar-refractivity contribution in [3.8, 4) is 0 Å². The van der Waals surface area contributed by atoms with Gasteiger partial charge >= 0.3 is 90.5 Å². The van der Waals surface area contributed by atoms with Crippen molar-refractivity contribution in [3.05, 3.63) is 11.8 Å². The molecule has 28 atom stereocenters. The number of nitrogens with one attached hydrogen (secondary N) is 3. The average molecular weight is 1610 g/mol. The van der Waals surface area contributed by atoms with Crippen LogP contribution in [0.4, 0.5) is 0 Å². The number of aliphatic carboxylic acids is 3. The van der Waals surface area contributed by atoms with Crippen molar-refractivity contribution in [2.45, 2.75) is 186 Å². The second kappa shape index (κ2) is 32.7. The summed E-state index contributed by atoms with van der Waals surface area (Å²) in [5, 5.41) is 111. The van der Waals surface area contributed by atoms with E-state index in [1.165, 1.54) is 4.72 Å². The molecule has 1 amide bonds. The van der Waals surface area contributed by atoms with Crippen molar-refractivity contribution in [2.24, 2.45) is 0 Å². The largest absolute Gasteiger partial charge is 0.479 e. The number of carbonyl (C=O) groups excluding carboxylic acids is 1. The Morgan fingerprint density at radius 3 is 1.25 bits per heavy atom. The molecule has 0 aromatic rings. The van der Waals surface area contributed by atoms with Gasteiger partial charge in [0.05, 0.1) is 32.0 Å². The van der Waals surface area contributed by atoms with Gasteiger partial charge in [-0.3, -0.25) is 36.7 Å². The molecule has 0 aromatic carbocycles. The van der Waals surface area contributed by atoms with Gasteiger partial charge in [-0.25, -0.2) is 35.3 Å². The fourth-order valence-corrected chi connectivity index (χ4v) is 13.5. The number of aliphatic hydroxyl groups excluding tert-OH is 7. The number of carbonyl (C=O) groups is 4. The van der Waals surface area contributed by atoms with Gasteiger partial charge in [0, 0.05) is 6.92 Å². The molecule has 0 unspecified atom stereocenters. The van der Waals surface area contributed by atoms with E-state index in [1.54, 1.807) is 0 Å². The van der Waals surface area contributed by atoms with E-state index in [9.17, 15) is 161 Å². The number of hydrogen-bond acceptors (Lipinski definition) is 41. The van der Waals surface area contributed by atoms with Crippen LogP contribution >= 0.6 is 0 Å². The first-order valence-corrected chi connectivity index (χ1v) is 36.5. The molecule has 5 fully saturated rings. The van der Waals surface area contributed by atoms with Gasteiger partial charge in [-0.2, -0.15) is 68.4 Å². The standard InChI is InChI=1S/C39H61N3O51S7/c1-7-14(41-94(57,58)59)18(46)23(11(81-7)4-78-96(63,64)65)86-39-29(93-100(75,76)77)22(50)28(31(91-39)34(55)56)89-36-16(42-95(60,61)62)26(92-99(72,73)74)25(13(84-36)6-80-98(69,70)71)87-38-21(49)20(48)27(30(90-38)33(53)54)88-35-15(40-8(2)43)19(47)24(12(83-35)5-79-97(66,67)68)85-37-17(45)9(44)3-10(82-37)32(51)52/h3,7,9,11-31,35-39,41-42,44-50H,4-6H2,1-2H3,(H,40,43)(H,51,52)(H,53,54)(H,55,56)(H,57,58,59)(H,60,61,62)(H,63,64,65)(H,66,67,68)(H,69,70,71)(H,72,73,74)(H,75,76,77)/t7-,9+,11-,12-,13-,14+,15-,16-,17-,18-,19-,20-,21-,22+,23-,24-,25-,26-,27+,28+,29-,30+,31-,35-,36-,37+,38-,39-/m1/s1. The molecule has 0 aliphatic carbocycles. The highest BCUT2D eigenvalue weighted by Gasteiger charge is 2.62. The Morgan fingerprint density at radius 1 is 0.420 bits per heavy atom. The average Bonchev–Trinajstić information content (AvgIpc) is 0.761. The van der Waals surface area contributed by atoms with Gasteiger partial charge in [0.1, 0.15) is 110 Å². The Hall–Kier alpha value is -4.17. The van der Waals surface area contributed by atoms with Crippen LogP contribution in [-0.2, 0) is 165 Å². The van der Waals surface area contributed by atoms with E-state index in [2.05, 4.69) is 20.9 Å². The summed E-state index contributed by atoms with van der Waals surface area (Å²) < 4.78 is 322. The Kier molecular flexibility index (Phi) is 27.7. The molecule has 6 rings (SSSR count). The first-order valence-electron chi connectivity index (χ1n) is 26.8. The predicted molar refractivity (Wildman–Crippen MR) is 291 cm³/mol. The number of ether oxygens (including phenoxy) is 11. The molecule has 20 N–H and O–H groups in total. The first-order chi connectivity index (χ1) is 45.5. The van der Waals surface area contributed by atoms with Crippen molar-refractivity contribution >= 4 is 96.4 Å². The number of hydrogen-bond donors (Lipinski definition) is 20. The van der Waals surface area contributed by atoms with Gasteiger partial charge in [0.2, 0.25) is 18.0 Å². The zero-order valence-electron chi connectivity index (χ0n) is 49.2. The lowest BCUT2D eigenvalue weighted by Crippen LogP contribution is -2.71. The second-order valence-electron chi connectivity index (χ2n) is 21.3.